The highest BCUT2D eigenvalue weighted by Gasteiger charge is 2.24. The molecule has 7 nitrogen and oxygen atoms in total. The van der Waals surface area contributed by atoms with Crippen LogP contribution in [0, 0.1) is 11.3 Å². The Hall–Kier alpha value is -2.88. The van der Waals surface area contributed by atoms with Crippen molar-refractivity contribution < 1.29 is 14.4 Å². The normalized spacial score (nSPS) is 14.1. The van der Waals surface area contributed by atoms with Crippen molar-refractivity contribution in [1.82, 2.24) is 9.80 Å². The number of anilines is 1. The summed E-state index contributed by atoms with van der Waals surface area (Å²) in [7, 11) is 0. The molecule has 0 unspecified atom stereocenters. The first-order valence-electron chi connectivity index (χ1n) is 7.33. The van der Waals surface area contributed by atoms with Crippen molar-refractivity contribution in [3.63, 3.8) is 0 Å². The number of piperazine rings is 1. The maximum atomic E-state index is 12.5. The van der Waals surface area contributed by atoms with E-state index in [4.69, 9.17) is 5.26 Å². The van der Waals surface area contributed by atoms with Gasteiger partial charge in [0, 0.05) is 44.4 Å². The summed E-state index contributed by atoms with van der Waals surface area (Å²) < 4.78 is 0. The number of benzene rings is 1. The van der Waals surface area contributed by atoms with Crippen LogP contribution >= 0.6 is 0 Å². The van der Waals surface area contributed by atoms with Crippen LogP contribution in [0.2, 0.25) is 0 Å². The highest BCUT2D eigenvalue weighted by molar-refractivity contribution is 5.97. The molecule has 23 heavy (non-hydrogen) atoms. The van der Waals surface area contributed by atoms with Crippen LogP contribution in [0.4, 0.5) is 5.69 Å². The Balaban J connectivity index is 1.99. The highest BCUT2D eigenvalue weighted by atomic mass is 16.2. The molecule has 1 N–H and O–H groups in total. The Morgan fingerprint density at radius 1 is 1.17 bits per heavy atom. The van der Waals surface area contributed by atoms with Gasteiger partial charge in [-0.15, -0.1) is 0 Å². The second kappa shape index (κ2) is 7.40. The molecule has 1 heterocycles. The molecule has 0 bridgehead atoms. The molecule has 0 saturated carbocycles. The van der Waals surface area contributed by atoms with Crippen LogP contribution in [-0.4, -0.2) is 53.7 Å². The van der Waals surface area contributed by atoms with E-state index < -0.39 is 0 Å². The van der Waals surface area contributed by atoms with Gasteiger partial charge >= 0.3 is 0 Å². The molecule has 1 fully saturated rings. The van der Waals surface area contributed by atoms with Crippen LogP contribution in [0.1, 0.15) is 23.7 Å². The number of hydrogen-bond donors (Lipinski definition) is 1. The summed E-state index contributed by atoms with van der Waals surface area (Å²) in [6.45, 7) is 3.13. The molecule has 0 spiro atoms. The molecule has 1 aromatic carbocycles. The number of carbonyl (C=O) groups excluding carboxylic acids is 3. The van der Waals surface area contributed by atoms with Gasteiger partial charge < -0.3 is 15.1 Å². The van der Waals surface area contributed by atoms with Gasteiger partial charge in [-0.2, -0.15) is 5.26 Å². The van der Waals surface area contributed by atoms with E-state index in [9.17, 15) is 14.4 Å². The van der Waals surface area contributed by atoms with Crippen molar-refractivity contribution in [3.8, 4) is 6.07 Å². The topological polar surface area (TPSA) is 93.5 Å². The Kier molecular flexibility index (Phi) is 5.31. The molecule has 0 atom stereocenters. The quantitative estimate of drug-likeness (QED) is 0.894. The maximum absolute atomic E-state index is 12.5. The van der Waals surface area contributed by atoms with Gasteiger partial charge in [-0.05, 0) is 18.2 Å². The minimum absolute atomic E-state index is 0.132. The molecule has 0 aromatic heterocycles. The van der Waals surface area contributed by atoms with Crippen molar-refractivity contribution in [1.29, 1.82) is 5.26 Å². The van der Waals surface area contributed by atoms with Gasteiger partial charge in [0.1, 0.15) is 6.42 Å². The van der Waals surface area contributed by atoms with Gasteiger partial charge in [-0.3, -0.25) is 14.4 Å². The third kappa shape index (κ3) is 4.30. The number of nitrogens with zero attached hydrogens (tertiary/aromatic N) is 3. The van der Waals surface area contributed by atoms with Crippen LogP contribution in [-0.2, 0) is 9.59 Å². The van der Waals surface area contributed by atoms with Crippen molar-refractivity contribution in [2.75, 3.05) is 31.5 Å². The van der Waals surface area contributed by atoms with Gasteiger partial charge in [-0.1, -0.05) is 6.07 Å². The standard InChI is InChI=1S/C16H18N4O3/c1-12(21)18-14-4-2-3-13(11-14)16(23)20-9-7-19(8-10-20)15(22)5-6-17/h2-4,11H,5,7-10H2,1H3,(H,18,21). The van der Waals surface area contributed by atoms with E-state index in [0.717, 1.165) is 0 Å². The van der Waals surface area contributed by atoms with Gasteiger partial charge in [0.2, 0.25) is 11.8 Å². The van der Waals surface area contributed by atoms with E-state index in [-0.39, 0.29) is 24.1 Å². The number of carbonyl (C=O) groups is 3. The molecule has 1 aromatic rings. The van der Waals surface area contributed by atoms with E-state index in [1.807, 2.05) is 6.07 Å². The first-order chi connectivity index (χ1) is 11.0. The lowest BCUT2D eigenvalue weighted by Gasteiger charge is -2.34. The van der Waals surface area contributed by atoms with E-state index >= 15 is 0 Å². The third-order valence-electron chi connectivity index (χ3n) is 3.58. The molecule has 120 valence electrons. The number of nitriles is 1. The molecular formula is C16H18N4O3. The number of hydrogen-bond acceptors (Lipinski definition) is 4. The molecule has 0 radical (unpaired) electrons. The van der Waals surface area contributed by atoms with Crippen LogP contribution in [0.25, 0.3) is 0 Å². The molecule has 7 heteroatoms. The van der Waals surface area contributed by atoms with Crippen molar-refractivity contribution in [2.45, 2.75) is 13.3 Å². The predicted octanol–water partition coefficient (Wildman–Crippen LogP) is 0.843. The summed E-state index contributed by atoms with van der Waals surface area (Å²) in [4.78, 5) is 38.5. The largest absolute Gasteiger partial charge is 0.338 e. The highest BCUT2D eigenvalue weighted by Crippen LogP contribution is 2.14. The lowest BCUT2D eigenvalue weighted by Crippen LogP contribution is -2.50. The second-order valence-corrected chi connectivity index (χ2v) is 5.27. The molecule has 1 aliphatic heterocycles. The summed E-state index contributed by atoms with van der Waals surface area (Å²) in [5, 5.41) is 11.2. The first-order valence-corrected chi connectivity index (χ1v) is 7.33. The SMILES string of the molecule is CC(=O)Nc1cccc(C(=O)N2CCN(C(=O)CC#N)CC2)c1. The lowest BCUT2D eigenvalue weighted by atomic mass is 10.1. The maximum Gasteiger partial charge on any atom is 0.254 e. The van der Waals surface area contributed by atoms with Crippen LogP contribution in [0.5, 0.6) is 0 Å². The average molecular weight is 314 g/mol. The second-order valence-electron chi connectivity index (χ2n) is 5.27. The molecular weight excluding hydrogens is 296 g/mol. The fourth-order valence-corrected chi connectivity index (χ4v) is 2.45. The van der Waals surface area contributed by atoms with E-state index in [1.54, 1.807) is 34.1 Å². The van der Waals surface area contributed by atoms with Crippen LogP contribution < -0.4 is 5.32 Å². The summed E-state index contributed by atoms with van der Waals surface area (Å²) in [6.07, 6.45) is -0.132. The zero-order valence-corrected chi connectivity index (χ0v) is 12.9. The average Bonchev–Trinajstić information content (AvgIpc) is 2.54. The van der Waals surface area contributed by atoms with E-state index in [2.05, 4.69) is 5.32 Å². The Morgan fingerprint density at radius 3 is 2.43 bits per heavy atom. The van der Waals surface area contributed by atoms with Crippen molar-refractivity contribution in [3.05, 3.63) is 29.8 Å². The molecule has 0 aliphatic carbocycles. The first kappa shape index (κ1) is 16.5. The Morgan fingerprint density at radius 2 is 1.83 bits per heavy atom. The monoisotopic (exact) mass is 314 g/mol. The summed E-state index contributed by atoms with van der Waals surface area (Å²) in [6, 6.07) is 8.60. The van der Waals surface area contributed by atoms with Crippen molar-refractivity contribution >= 4 is 23.4 Å². The molecule has 1 saturated heterocycles. The number of amides is 3. The molecule has 2 rings (SSSR count). The zero-order valence-electron chi connectivity index (χ0n) is 12.9. The minimum Gasteiger partial charge on any atom is -0.338 e. The summed E-state index contributed by atoms with van der Waals surface area (Å²) >= 11 is 0. The van der Waals surface area contributed by atoms with Gasteiger partial charge in [0.15, 0.2) is 0 Å². The lowest BCUT2D eigenvalue weighted by molar-refractivity contribution is -0.131. The Labute approximate surface area is 134 Å². The van der Waals surface area contributed by atoms with E-state index in [0.29, 0.717) is 37.4 Å². The van der Waals surface area contributed by atoms with Crippen LogP contribution in [0.3, 0.4) is 0 Å². The van der Waals surface area contributed by atoms with E-state index in [1.165, 1.54) is 6.92 Å². The fraction of sp³-hybridized carbons (Fsp3) is 0.375. The molecule has 1 aliphatic rings. The number of nitrogens with one attached hydrogen (secondary N) is 1. The fourth-order valence-electron chi connectivity index (χ4n) is 2.45. The summed E-state index contributed by atoms with van der Waals surface area (Å²) in [5.74, 6) is -0.531. The van der Waals surface area contributed by atoms with Gasteiger partial charge in [0.25, 0.3) is 5.91 Å². The number of rotatable bonds is 3. The zero-order chi connectivity index (χ0) is 16.8. The van der Waals surface area contributed by atoms with Gasteiger partial charge in [0.05, 0.1) is 6.07 Å². The third-order valence-corrected chi connectivity index (χ3v) is 3.58. The van der Waals surface area contributed by atoms with Crippen molar-refractivity contribution in [2.24, 2.45) is 0 Å². The Bertz CT molecular complexity index is 658. The smallest absolute Gasteiger partial charge is 0.254 e. The predicted molar refractivity (Wildman–Crippen MR) is 83.5 cm³/mol. The minimum atomic E-state index is -0.202. The van der Waals surface area contributed by atoms with Crippen LogP contribution in [0.15, 0.2) is 24.3 Å². The molecule has 3 amide bonds. The summed E-state index contributed by atoms with van der Waals surface area (Å²) in [5.41, 5.74) is 1.07. The van der Waals surface area contributed by atoms with Gasteiger partial charge in [-0.25, -0.2) is 0 Å².